The number of aromatic nitrogens is 2. The predicted octanol–water partition coefficient (Wildman–Crippen LogP) is 3.37. The number of nitrogens with one attached hydrogen (secondary N) is 1. The quantitative estimate of drug-likeness (QED) is 0.922. The summed E-state index contributed by atoms with van der Waals surface area (Å²) in [4.78, 5) is 9.08. The molecule has 1 aliphatic rings. The van der Waals surface area contributed by atoms with Crippen LogP contribution in [-0.4, -0.2) is 23.1 Å². The lowest BCUT2D eigenvalue weighted by molar-refractivity contribution is 0.446. The third kappa shape index (κ3) is 3.01. The van der Waals surface area contributed by atoms with E-state index >= 15 is 0 Å². The summed E-state index contributed by atoms with van der Waals surface area (Å²) in [7, 11) is 0. The van der Waals surface area contributed by atoms with Crippen molar-refractivity contribution < 1.29 is 0 Å². The molecule has 1 aromatic carbocycles. The zero-order valence-corrected chi connectivity index (χ0v) is 12.2. The first-order chi connectivity index (χ1) is 9.33. The summed E-state index contributed by atoms with van der Waals surface area (Å²) in [5, 5.41) is 3.40. The molecule has 1 unspecified atom stereocenters. The molecule has 98 valence electrons. The van der Waals surface area contributed by atoms with E-state index in [-0.39, 0.29) is 0 Å². The van der Waals surface area contributed by atoms with Gasteiger partial charge in [0.15, 0.2) is 0 Å². The number of piperidine rings is 1. The van der Waals surface area contributed by atoms with Crippen molar-refractivity contribution in [2.75, 3.05) is 13.1 Å². The number of benzene rings is 1. The van der Waals surface area contributed by atoms with Gasteiger partial charge in [-0.1, -0.05) is 28.1 Å². The van der Waals surface area contributed by atoms with Crippen LogP contribution in [0.2, 0.25) is 0 Å². The minimum absolute atomic E-state index is 0.465. The summed E-state index contributed by atoms with van der Waals surface area (Å²) in [5.41, 5.74) is 2.22. The third-order valence-corrected chi connectivity index (χ3v) is 4.04. The molecule has 1 aliphatic heterocycles. The Morgan fingerprint density at radius 3 is 2.42 bits per heavy atom. The van der Waals surface area contributed by atoms with Crippen molar-refractivity contribution in [3.05, 3.63) is 47.0 Å². The summed E-state index contributed by atoms with van der Waals surface area (Å²) >= 11 is 3.44. The van der Waals surface area contributed by atoms with E-state index in [9.17, 15) is 0 Å². The Hall–Kier alpha value is -1.26. The average Bonchev–Trinajstić information content (AvgIpc) is 2.49. The van der Waals surface area contributed by atoms with E-state index in [1.165, 1.54) is 12.8 Å². The highest BCUT2D eigenvalue weighted by atomic mass is 79.9. The van der Waals surface area contributed by atoms with Gasteiger partial charge in [-0.3, -0.25) is 0 Å². The van der Waals surface area contributed by atoms with Crippen LogP contribution < -0.4 is 5.32 Å². The molecule has 1 N–H and O–H groups in total. The zero-order chi connectivity index (χ0) is 13.1. The monoisotopic (exact) mass is 317 g/mol. The van der Waals surface area contributed by atoms with Crippen molar-refractivity contribution in [3.63, 3.8) is 0 Å². The molecule has 3 rings (SSSR count). The van der Waals surface area contributed by atoms with E-state index in [4.69, 9.17) is 0 Å². The zero-order valence-electron chi connectivity index (χ0n) is 10.6. The Labute approximate surface area is 121 Å². The lowest BCUT2D eigenvalue weighted by atomic mass is 9.99. The molecule has 0 aliphatic carbocycles. The molecule has 1 atom stereocenters. The first-order valence-corrected chi connectivity index (χ1v) is 7.41. The molecular weight excluding hydrogens is 302 g/mol. The van der Waals surface area contributed by atoms with Crippen LogP contribution in [0.3, 0.4) is 0 Å². The number of hydrogen-bond acceptors (Lipinski definition) is 3. The molecule has 2 heterocycles. The maximum absolute atomic E-state index is 4.54. The standard InChI is InChI=1S/C15H16BrN3/c16-14-5-3-11(4-6-14)13-9-18-15(19-10-13)12-2-1-7-17-8-12/h3-6,9-10,12,17H,1-2,7-8H2. The van der Waals surface area contributed by atoms with Crippen LogP contribution in [0.25, 0.3) is 11.1 Å². The first kappa shape index (κ1) is 12.8. The third-order valence-electron chi connectivity index (χ3n) is 3.51. The van der Waals surface area contributed by atoms with Crippen LogP contribution >= 0.6 is 15.9 Å². The van der Waals surface area contributed by atoms with Crippen molar-refractivity contribution in [1.29, 1.82) is 0 Å². The van der Waals surface area contributed by atoms with E-state index in [1.807, 2.05) is 24.5 Å². The van der Waals surface area contributed by atoms with E-state index in [1.54, 1.807) is 0 Å². The highest BCUT2D eigenvalue weighted by Gasteiger charge is 2.17. The molecule has 0 radical (unpaired) electrons. The smallest absolute Gasteiger partial charge is 0.132 e. The minimum Gasteiger partial charge on any atom is -0.316 e. The summed E-state index contributed by atoms with van der Waals surface area (Å²) in [5.74, 6) is 1.43. The van der Waals surface area contributed by atoms with Gasteiger partial charge in [-0.15, -0.1) is 0 Å². The molecular formula is C15H16BrN3. The van der Waals surface area contributed by atoms with Gasteiger partial charge < -0.3 is 5.32 Å². The maximum Gasteiger partial charge on any atom is 0.132 e. The van der Waals surface area contributed by atoms with E-state index in [0.29, 0.717) is 5.92 Å². The van der Waals surface area contributed by atoms with Gasteiger partial charge in [0, 0.05) is 34.9 Å². The number of nitrogens with zero attached hydrogens (tertiary/aromatic N) is 2. The Morgan fingerprint density at radius 2 is 1.79 bits per heavy atom. The topological polar surface area (TPSA) is 37.8 Å². The van der Waals surface area contributed by atoms with E-state index < -0.39 is 0 Å². The maximum atomic E-state index is 4.54. The minimum atomic E-state index is 0.465. The second-order valence-electron chi connectivity index (χ2n) is 4.88. The van der Waals surface area contributed by atoms with E-state index in [0.717, 1.165) is 34.5 Å². The van der Waals surface area contributed by atoms with Crippen LogP contribution in [-0.2, 0) is 0 Å². The molecule has 0 bridgehead atoms. The molecule has 19 heavy (non-hydrogen) atoms. The number of halogens is 1. The lowest BCUT2D eigenvalue weighted by Gasteiger charge is -2.21. The molecule has 0 saturated carbocycles. The SMILES string of the molecule is Brc1ccc(-c2cnc(C3CCCNC3)nc2)cc1. The van der Waals surface area contributed by atoms with Gasteiger partial charge in [0.05, 0.1) is 0 Å². The predicted molar refractivity (Wildman–Crippen MR) is 80.0 cm³/mol. The fraction of sp³-hybridized carbons (Fsp3) is 0.333. The highest BCUT2D eigenvalue weighted by molar-refractivity contribution is 9.10. The molecule has 2 aromatic rings. The largest absolute Gasteiger partial charge is 0.316 e. The van der Waals surface area contributed by atoms with Gasteiger partial charge in [-0.2, -0.15) is 0 Å². The first-order valence-electron chi connectivity index (χ1n) is 6.61. The fourth-order valence-corrected chi connectivity index (χ4v) is 2.68. The summed E-state index contributed by atoms with van der Waals surface area (Å²) in [6.45, 7) is 2.12. The van der Waals surface area contributed by atoms with Gasteiger partial charge in [-0.25, -0.2) is 9.97 Å². The van der Waals surface area contributed by atoms with Crippen molar-refractivity contribution >= 4 is 15.9 Å². The van der Waals surface area contributed by atoms with Gasteiger partial charge in [0.2, 0.25) is 0 Å². The summed E-state index contributed by atoms with van der Waals surface area (Å²) in [6.07, 6.45) is 6.26. The van der Waals surface area contributed by atoms with Crippen molar-refractivity contribution in [3.8, 4) is 11.1 Å². The molecule has 3 nitrogen and oxygen atoms in total. The number of hydrogen-bond donors (Lipinski definition) is 1. The van der Waals surface area contributed by atoms with Gasteiger partial charge in [0.1, 0.15) is 5.82 Å². The summed E-state index contributed by atoms with van der Waals surface area (Å²) in [6, 6.07) is 8.22. The molecule has 1 saturated heterocycles. The fourth-order valence-electron chi connectivity index (χ4n) is 2.41. The van der Waals surface area contributed by atoms with Crippen LogP contribution in [0, 0.1) is 0 Å². The Bertz CT molecular complexity index is 530. The van der Waals surface area contributed by atoms with Crippen molar-refractivity contribution in [2.45, 2.75) is 18.8 Å². The normalized spacial score (nSPS) is 19.3. The van der Waals surface area contributed by atoms with Crippen LogP contribution in [0.5, 0.6) is 0 Å². The van der Waals surface area contributed by atoms with E-state index in [2.05, 4.69) is 43.3 Å². The lowest BCUT2D eigenvalue weighted by Crippen LogP contribution is -2.29. The van der Waals surface area contributed by atoms with Crippen LogP contribution in [0.1, 0.15) is 24.6 Å². The Balaban J connectivity index is 1.80. The Morgan fingerprint density at radius 1 is 1.05 bits per heavy atom. The van der Waals surface area contributed by atoms with Gasteiger partial charge in [-0.05, 0) is 37.1 Å². The molecule has 0 amide bonds. The molecule has 0 spiro atoms. The van der Waals surface area contributed by atoms with Crippen LogP contribution in [0.4, 0.5) is 0 Å². The van der Waals surface area contributed by atoms with Gasteiger partial charge in [0.25, 0.3) is 0 Å². The van der Waals surface area contributed by atoms with Crippen molar-refractivity contribution in [2.24, 2.45) is 0 Å². The highest BCUT2D eigenvalue weighted by Crippen LogP contribution is 2.23. The Kier molecular flexibility index (Phi) is 3.89. The average molecular weight is 318 g/mol. The number of rotatable bonds is 2. The van der Waals surface area contributed by atoms with Crippen molar-refractivity contribution in [1.82, 2.24) is 15.3 Å². The summed E-state index contributed by atoms with van der Waals surface area (Å²) < 4.78 is 1.09. The molecule has 1 aromatic heterocycles. The second-order valence-corrected chi connectivity index (χ2v) is 5.80. The second kappa shape index (κ2) is 5.80. The van der Waals surface area contributed by atoms with Gasteiger partial charge >= 0.3 is 0 Å². The van der Waals surface area contributed by atoms with Crippen LogP contribution in [0.15, 0.2) is 41.1 Å². The molecule has 4 heteroatoms. The molecule has 1 fully saturated rings.